The van der Waals surface area contributed by atoms with Crippen LogP contribution in [0.5, 0.6) is 5.75 Å². The van der Waals surface area contributed by atoms with Crippen molar-refractivity contribution in [1.29, 1.82) is 0 Å². The number of morpholine rings is 1. The molecule has 2 atom stereocenters. The summed E-state index contributed by atoms with van der Waals surface area (Å²) in [5, 5.41) is 0. The van der Waals surface area contributed by atoms with Crippen molar-refractivity contribution >= 4 is 10.0 Å². The molecule has 3 rings (SSSR count). The SMILES string of the molecule is CCOc1ccc(S(=O)(=O)N2CC(Cc3ccccc3)OCC2C)cc1. The minimum atomic E-state index is -3.57. The average molecular weight is 375 g/mol. The summed E-state index contributed by atoms with van der Waals surface area (Å²) >= 11 is 0. The van der Waals surface area contributed by atoms with Gasteiger partial charge in [-0.3, -0.25) is 0 Å². The summed E-state index contributed by atoms with van der Waals surface area (Å²) in [6.45, 7) is 5.07. The van der Waals surface area contributed by atoms with Gasteiger partial charge in [0.05, 0.1) is 24.2 Å². The monoisotopic (exact) mass is 375 g/mol. The van der Waals surface area contributed by atoms with Gasteiger partial charge in [0, 0.05) is 12.6 Å². The van der Waals surface area contributed by atoms with Crippen molar-refractivity contribution < 1.29 is 17.9 Å². The van der Waals surface area contributed by atoms with Gasteiger partial charge in [0.1, 0.15) is 5.75 Å². The Morgan fingerprint density at radius 1 is 1.12 bits per heavy atom. The first-order valence-corrected chi connectivity index (χ1v) is 10.3. The zero-order valence-corrected chi connectivity index (χ0v) is 16.0. The van der Waals surface area contributed by atoms with Crippen molar-refractivity contribution in [1.82, 2.24) is 4.31 Å². The number of nitrogens with zero attached hydrogens (tertiary/aromatic N) is 1. The second kappa shape index (κ2) is 8.20. The Balaban J connectivity index is 1.76. The van der Waals surface area contributed by atoms with Crippen LogP contribution in [0.2, 0.25) is 0 Å². The van der Waals surface area contributed by atoms with Gasteiger partial charge in [-0.05, 0) is 50.1 Å². The molecule has 0 amide bonds. The molecule has 1 aliphatic heterocycles. The van der Waals surface area contributed by atoms with Crippen molar-refractivity contribution in [2.45, 2.75) is 37.3 Å². The maximum absolute atomic E-state index is 13.1. The van der Waals surface area contributed by atoms with Gasteiger partial charge in [-0.15, -0.1) is 0 Å². The number of benzene rings is 2. The molecule has 26 heavy (non-hydrogen) atoms. The molecule has 1 heterocycles. The van der Waals surface area contributed by atoms with E-state index in [1.807, 2.05) is 44.2 Å². The topological polar surface area (TPSA) is 55.8 Å². The summed E-state index contributed by atoms with van der Waals surface area (Å²) in [5.41, 5.74) is 1.14. The molecule has 0 aromatic heterocycles. The number of hydrogen-bond acceptors (Lipinski definition) is 4. The van der Waals surface area contributed by atoms with Crippen LogP contribution in [0.25, 0.3) is 0 Å². The summed E-state index contributed by atoms with van der Waals surface area (Å²) in [6.07, 6.45) is 0.550. The molecule has 0 spiro atoms. The van der Waals surface area contributed by atoms with Crippen molar-refractivity contribution in [2.75, 3.05) is 19.8 Å². The lowest BCUT2D eigenvalue weighted by molar-refractivity contribution is -0.0265. The summed E-state index contributed by atoms with van der Waals surface area (Å²) < 4.78 is 39.0. The molecular formula is C20H25NO4S. The molecule has 5 nitrogen and oxygen atoms in total. The molecule has 2 aromatic rings. The van der Waals surface area contributed by atoms with Crippen LogP contribution in [-0.2, 0) is 21.2 Å². The lowest BCUT2D eigenvalue weighted by atomic mass is 10.1. The van der Waals surface area contributed by atoms with Crippen LogP contribution in [0.4, 0.5) is 0 Å². The Hall–Kier alpha value is -1.89. The van der Waals surface area contributed by atoms with Crippen LogP contribution in [-0.4, -0.2) is 44.6 Å². The highest BCUT2D eigenvalue weighted by Crippen LogP contribution is 2.25. The fourth-order valence-electron chi connectivity index (χ4n) is 3.14. The van der Waals surface area contributed by atoms with E-state index in [4.69, 9.17) is 9.47 Å². The molecule has 0 saturated carbocycles. The Morgan fingerprint density at radius 2 is 1.81 bits per heavy atom. The zero-order valence-electron chi connectivity index (χ0n) is 15.2. The molecule has 0 aliphatic carbocycles. The standard InChI is InChI=1S/C20H25NO4S/c1-3-24-18-9-11-20(12-10-18)26(22,23)21-14-19(25-15-16(21)2)13-17-7-5-4-6-8-17/h4-12,16,19H,3,13-15H2,1-2H3. The summed E-state index contributed by atoms with van der Waals surface area (Å²) in [7, 11) is -3.57. The third-order valence-corrected chi connectivity index (χ3v) is 6.49. The molecule has 0 N–H and O–H groups in total. The van der Waals surface area contributed by atoms with Crippen LogP contribution in [0.15, 0.2) is 59.5 Å². The highest BCUT2D eigenvalue weighted by molar-refractivity contribution is 7.89. The molecular weight excluding hydrogens is 350 g/mol. The van der Waals surface area contributed by atoms with Gasteiger partial charge >= 0.3 is 0 Å². The normalized spacial score (nSPS) is 21.5. The summed E-state index contributed by atoms with van der Waals surface area (Å²) in [4.78, 5) is 0.285. The maximum atomic E-state index is 13.1. The summed E-state index contributed by atoms with van der Waals surface area (Å²) in [6, 6.07) is 16.4. The van der Waals surface area contributed by atoms with Gasteiger partial charge in [0.25, 0.3) is 0 Å². The Kier molecular flexibility index (Phi) is 5.96. The van der Waals surface area contributed by atoms with Gasteiger partial charge in [-0.25, -0.2) is 8.42 Å². The molecule has 1 aliphatic rings. The minimum Gasteiger partial charge on any atom is -0.494 e. The Morgan fingerprint density at radius 3 is 2.46 bits per heavy atom. The molecule has 140 valence electrons. The van der Waals surface area contributed by atoms with Gasteiger partial charge in [0.15, 0.2) is 0 Å². The van der Waals surface area contributed by atoms with E-state index < -0.39 is 10.0 Å². The fraction of sp³-hybridized carbons (Fsp3) is 0.400. The number of sulfonamides is 1. The van der Waals surface area contributed by atoms with E-state index in [0.717, 1.165) is 5.56 Å². The van der Waals surface area contributed by atoms with E-state index in [0.29, 0.717) is 31.9 Å². The molecule has 2 unspecified atom stereocenters. The number of ether oxygens (including phenoxy) is 2. The summed E-state index contributed by atoms with van der Waals surface area (Å²) in [5.74, 6) is 0.670. The van der Waals surface area contributed by atoms with Gasteiger partial charge < -0.3 is 9.47 Å². The predicted molar refractivity (Wildman–Crippen MR) is 101 cm³/mol. The second-order valence-corrected chi connectivity index (χ2v) is 8.36. The van der Waals surface area contributed by atoms with Crippen molar-refractivity contribution in [2.24, 2.45) is 0 Å². The highest BCUT2D eigenvalue weighted by atomic mass is 32.2. The molecule has 0 radical (unpaired) electrons. The van der Waals surface area contributed by atoms with Crippen LogP contribution in [0.1, 0.15) is 19.4 Å². The Labute approximate surface area is 155 Å². The molecule has 1 saturated heterocycles. The van der Waals surface area contributed by atoms with E-state index in [1.54, 1.807) is 28.6 Å². The van der Waals surface area contributed by atoms with Crippen molar-refractivity contribution in [3.8, 4) is 5.75 Å². The number of rotatable bonds is 6. The first-order chi connectivity index (χ1) is 12.5. The van der Waals surface area contributed by atoms with Crippen LogP contribution in [0, 0.1) is 0 Å². The minimum absolute atomic E-state index is 0.147. The number of hydrogen-bond donors (Lipinski definition) is 0. The van der Waals surface area contributed by atoms with E-state index in [-0.39, 0.29) is 17.0 Å². The average Bonchev–Trinajstić information content (AvgIpc) is 2.65. The van der Waals surface area contributed by atoms with Gasteiger partial charge in [-0.2, -0.15) is 4.31 Å². The highest BCUT2D eigenvalue weighted by Gasteiger charge is 2.35. The van der Waals surface area contributed by atoms with Crippen LogP contribution in [0.3, 0.4) is 0 Å². The third kappa shape index (κ3) is 4.26. The Bertz CT molecular complexity index is 805. The van der Waals surface area contributed by atoms with E-state index >= 15 is 0 Å². The fourth-order valence-corrected chi connectivity index (χ4v) is 4.79. The van der Waals surface area contributed by atoms with E-state index in [2.05, 4.69) is 0 Å². The molecule has 6 heteroatoms. The predicted octanol–water partition coefficient (Wildman–Crippen LogP) is 3.11. The molecule has 1 fully saturated rings. The first kappa shape index (κ1) is 18.9. The lowest BCUT2D eigenvalue weighted by Gasteiger charge is -2.37. The molecule has 0 bridgehead atoms. The van der Waals surface area contributed by atoms with Gasteiger partial charge in [0.2, 0.25) is 10.0 Å². The maximum Gasteiger partial charge on any atom is 0.243 e. The van der Waals surface area contributed by atoms with Crippen molar-refractivity contribution in [3.63, 3.8) is 0 Å². The van der Waals surface area contributed by atoms with Crippen LogP contribution < -0.4 is 4.74 Å². The van der Waals surface area contributed by atoms with E-state index in [9.17, 15) is 8.42 Å². The second-order valence-electron chi connectivity index (χ2n) is 6.47. The smallest absolute Gasteiger partial charge is 0.243 e. The van der Waals surface area contributed by atoms with Crippen LogP contribution >= 0.6 is 0 Å². The van der Waals surface area contributed by atoms with Gasteiger partial charge in [-0.1, -0.05) is 30.3 Å². The first-order valence-electron chi connectivity index (χ1n) is 8.91. The quantitative estimate of drug-likeness (QED) is 0.778. The zero-order chi connectivity index (χ0) is 18.6. The lowest BCUT2D eigenvalue weighted by Crippen LogP contribution is -2.51. The van der Waals surface area contributed by atoms with Crippen molar-refractivity contribution in [3.05, 3.63) is 60.2 Å². The largest absolute Gasteiger partial charge is 0.494 e. The molecule has 2 aromatic carbocycles. The van der Waals surface area contributed by atoms with E-state index in [1.165, 1.54) is 0 Å². The third-order valence-electron chi connectivity index (χ3n) is 4.50.